The Morgan fingerprint density at radius 2 is 1.72 bits per heavy atom. The number of ether oxygens (including phenoxy) is 2. The summed E-state index contributed by atoms with van der Waals surface area (Å²) in [5.41, 5.74) is 0.976. The molecule has 0 aliphatic carbocycles. The second kappa shape index (κ2) is 11.4. The Hall–Kier alpha value is -0.970. The molecule has 3 N–H and O–H groups in total. The fourth-order valence-corrected chi connectivity index (χ4v) is 4.19. The van der Waals surface area contributed by atoms with E-state index in [4.69, 9.17) is 9.47 Å². The quantitative estimate of drug-likeness (QED) is 0.292. The van der Waals surface area contributed by atoms with E-state index < -0.39 is 0 Å². The number of rotatable bonds is 7. The molecule has 1 aromatic carbocycles. The lowest BCUT2D eigenvalue weighted by Crippen LogP contribution is -2.50. The molecule has 1 unspecified atom stereocenters. The first-order chi connectivity index (χ1) is 13.6. The molecule has 0 spiro atoms. The predicted octanol–water partition coefficient (Wildman–Crippen LogP) is 2.45. The second-order valence-corrected chi connectivity index (χ2v) is 7.96. The summed E-state index contributed by atoms with van der Waals surface area (Å²) in [4.78, 5) is 4.36. The van der Waals surface area contributed by atoms with Crippen molar-refractivity contribution in [3.63, 3.8) is 0 Å². The van der Waals surface area contributed by atoms with Gasteiger partial charge in [0, 0.05) is 57.4 Å². The lowest BCUT2D eigenvalue weighted by atomic mass is 9.74. The van der Waals surface area contributed by atoms with Crippen molar-refractivity contribution in [1.82, 2.24) is 10.6 Å². The Bertz CT molecular complexity index is 645. The van der Waals surface area contributed by atoms with E-state index in [1.807, 2.05) is 12.1 Å². The molecule has 2 aliphatic heterocycles. The van der Waals surface area contributed by atoms with Crippen molar-refractivity contribution in [3.05, 3.63) is 35.6 Å². The van der Waals surface area contributed by atoms with E-state index in [1.54, 1.807) is 7.05 Å². The molecule has 1 atom stereocenters. The van der Waals surface area contributed by atoms with Crippen molar-refractivity contribution in [1.29, 1.82) is 0 Å². The number of halogens is 2. The maximum atomic E-state index is 13.4. The van der Waals surface area contributed by atoms with Gasteiger partial charge in [0.25, 0.3) is 0 Å². The first-order valence-electron chi connectivity index (χ1n) is 10.1. The molecule has 0 aromatic heterocycles. The standard InChI is InChI=1S/C21H32FN3O3.HI/c1-23-19(24-14-20(6-10-26)7-11-28-16-20)25-15-21(8-12-27-13-9-21)17-2-4-18(22)5-3-17;/h2-5,26H,6-16H2,1H3,(H2,23,24,25);1H. The lowest BCUT2D eigenvalue weighted by molar-refractivity contribution is 0.0513. The summed E-state index contributed by atoms with van der Waals surface area (Å²) in [7, 11) is 1.76. The van der Waals surface area contributed by atoms with Gasteiger partial charge in [-0.15, -0.1) is 24.0 Å². The normalized spacial score (nSPS) is 24.0. The minimum absolute atomic E-state index is 0. The van der Waals surface area contributed by atoms with Crippen LogP contribution in [0.5, 0.6) is 0 Å². The molecule has 0 bridgehead atoms. The molecule has 2 heterocycles. The lowest BCUT2D eigenvalue weighted by Gasteiger charge is -2.38. The van der Waals surface area contributed by atoms with Gasteiger partial charge in [-0.25, -0.2) is 4.39 Å². The van der Waals surface area contributed by atoms with Gasteiger partial charge >= 0.3 is 0 Å². The first-order valence-corrected chi connectivity index (χ1v) is 10.1. The van der Waals surface area contributed by atoms with Gasteiger partial charge in [0.15, 0.2) is 5.96 Å². The third kappa shape index (κ3) is 6.26. The zero-order chi connectivity index (χ0) is 19.9. The number of aliphatic hydroxyl groups excluding tert-OH is 1. The minimum atomic E-state index is -0.218. The molecule has 29 heavy (non-hydrogen) atoms. The Morgan fingerprint density at radius 1 is 1.07 bits per heavy atom. The van der Waals surface area contributed by atoms with Crippen LogP contribution in [0.4, 0.5) is 4.39 Å². The molecule has 2 saturated heterocycles. The van der Waals surface area contributed by atoms with E-state index in [-0.39, 0.29) is 47.2 Å². The zero-order valence-corrected chi connectivity index (χ0v) is 19.4. The van der Waals surface area contributed by atoms with E-state index in [9.17, 15) is 9.50 Å². The summed E-state index contributed by atoms with van der Waals surface area (Å²) < 4.78 is 24.5. The number of guanidine groups is 1. The van der Waals surface area contributed by atoms with Crippen LogP contribution in [-0.2, 0) is 14.9 Å². The van der Waals surface area contributed by atoms with Crippen molar-refractivity contribution < 1.29 is 19.0 Å². The Kier molecular flexibility index (Phi) is 9.58. The summed E-state index contributed by atoms with van der Waals surface area (Å²) in [5.74, 6) is 0.515. The topological polar surface area (TPSA) is 75.1 Å². The first kappa shape index (κ1) is 24.3. The van der Waals surface area contributed by atoms with Crippen LogP contribution in [0.2, 0.25) is 0 Å². The molecule has 3 rings (SSSR count). The third-order valence-electron chi connectivity index (χ3n) is 6.18. The van der Waals surface area contributed by atoms with E-state index in [0.717, 1.165) is 37.4 Å². The average Bonchev–Trinajstić information content (AvgIpc) is 3.18. The molecule has 2 fully saturated rings. The zero-order valence-electron chi connectivity index (χ0n) is 17.1. The van der Waals surface area contributed by atoms with Crippen molar-refractivity contribution in [2.24, 2.45) is 10.4 Å². The van der Waals surface area contributed by atoms with Gasteiger partial charge in [-0.2, -0.15) is 0 Å². The van der Waals surface area contributed by atoms with E-state index >= 15 is 0 Å². The van der Waals surface area contributed by atoms with E-state index in [2.05, 4.69) is 15.6 Å². The summed E-state index contributed by atoms with van der Waals surface area (Å²) in [6.07, 6.45) is 3.41. The van der Waals surface area contributed by atoms with Gasteiger partial charge in [0.05, 0.1) is 6.61 Å². The van der Waals surface area contributed by atoms with Gasteiger partial charge in [-0.3, -0.25) is 4.99 Å². The fraction of sp³-hybridized carbons (Fsp3) is 0.667. The Balaban J connectivity index is 0.00000300. The highest BCUT2D eigenvalue weighted by Crippen LogP contribution is 2.34. The third-order valence-corrected chi connectivity index (χ3v) is 6.18. The van der Waals surface area contributed by atoms with Crippen molar-refractivity contribution >= 4 is 29.9 Å². The summed E-state index contributed by atoms with van der Waals surface area (Å²) in [6, 6.07) is 6.81. The summed E-state index contributed by atoms with van der Waals surface area (Å²) >= 11 is 0. The van der Waals surface area contributed by atoms with Crippen LogP contribution in [-0.4, -0.2) is 64.2 Å². The highest BCUT2D eigenvalue weighted by atomic mass is 127. The van der Waals surface area contributed by atoms with Crippen molar-refractivity contribution in [2.75, 3.05) is 53.2 Å². The van der Waals surface area contributed by atoms with E-state index in [1.165, 1.54) is 12.1 Å². The van der Waals surface area contributed by atoms with Crippen molar-refractivity contribution in [3.8, 4) is 0 Å². The number of benzene rings is 1. The maximum Gasteiger partial charge on any atom is 0.191 e. The summed E-state index contributed by atoms with van der Waals surface area (Å²) in [6.45, 7) is 4.36. The molecule has 2 aliphatic rings. The fourth-order valence-electron chi connectivity index (χ4n) is 4.19. The smallest absolute Gasteiger partial charge is 0.191 e. The largest absolute Gasteiger partial charge is 0.396 e. The number of hydrogen-bond donors (Lipinski definition) is 3. The van der Waals surface area contributed by atoms with Gasteiger partial charge in [-0.05, 0) is 43.4 Å². The van der Waals surface area contributed by atoms with Crippen LogP contribution in [0.15, 0.2) is 29.3 Å². The molecular weight excluding hydrogens is 488 g/mol. The van der Waals surface area contributed by atoms with Crippen molar-refractivity contribution in [2.45, 2.75) is 31.1 Å². The molecule has 164 valence electrons. The van der Waals surface area contributed by atoms with Gasteiger partial charge in [0.2, 0.25) is 0 Å². The predicted molar refractivity (Wildman–Crippen MR) is 122 cm³/mol. The molecular formula is C21H33FIN3O3. The maximum absolute atomic E-state index is 13.4. The van der Waals surface area contributed by atoms with Crippen LogP contribution in [0.25, 0.3) is 0 Å². The number of hydrogen-bond acceptors (Lipinski definition) is 4. The molecule has 6 nitrogen and oxygen atoms in total. The van der Waals surface area contributed by atoms with Gasteiger partial charge in [0.1, 0.15) is 5.82 Å². The second-order valence-electron chi connectivity index (χ2n) is 7.96. The van der Waals surface area contributed by atoms with Crippen LogP contribution in [0.1, 0.15) is 31.2 Å². The van der Waals surface area contributed by atoms with Crippen LogP contribution in [0, 0.1) is 11.2 Å². The number of aliphatic hydroxyl groups is 1. The van der Waals surface area contributed by atoms with E-state index in [0.29, 0.717) is 39.3 Å². The van der Waals surface area contributed by atoms with Crippen LogP contribution >= 0.6 is 24.0 Å². The number of aliphatic imine (C=N–C) groups is 1. The van der Waals surface area contributed by atoms with Crippen LogP contribution < -0.4 is 10.6 Å². The van der Waals surface area contributed by atoms with Gasteiger partial charge < -0.3 is 25.2 Å². The molecule has 0 amide bonds. The minimum Gasteiger partial charge on any atom is -0.396 e. The molecule has 0 radical (unpaired) electrons. The summed E-state index contributed by atoms with van der Waals surface area (Å²) in [5, 5.41) is 16.3. The van der Waals surface area contributed by atoms with Gasteiger partial charge in [-0.1, -0.05) is 12.1 Å². The Morgan fingerprint density at radius 3 is 2.31 bits per heavy atom. The Labute approximate surface area is 189 Å². The number of nitrogens with one attached hydrogen (secondary N) is 2. The van der Waals surface area contributed by atoms with Crippen LogP contribution in [0.3, 0.4) is 0 Å². The monoisotopic (exact) mass is 521 g/mol. The number of nitrogens with zero attached hydrogens (tertiary/aromatic N) is 1. The average molecular weight is 521 g/mol. The SMILES string of the molecule is CN=C(NCC1(CCO)CCOC1)NCC1(c2ccc(F)cc2)CCOCC1.I. The molecule has 8 heteroatoms. The highest BCUT2D eigenvalue weighted by Gasteiger charge is 2.36. The molecule has 1 aromatic rings. The molecule has 0 saturated carbocycles. The highest BCUT2D eigenvalue weighted by molar-refractivity contribution is 14.0.